The van der Waals surface area contributed by atoms with Crippen molar-refractivity contribution in [3.8, 4) is 0 Å². The Labute approximate surface area is 126 Å². The Morgan fingerprint density at radius 3 is 2.67 bits per heavy atom. The van der Waals surface area contributed by atoms with Crippen LogP contribution >= 0.6 is 7.82 Å². The average molecular weight is 313 g/mol. The van der Waals surface area contributed by atoms with Gasteiger partial charge in [-0.2, -0.15) is 0 Å². The zero-order valence-electron chi connectivity index (χ0n) is 12.5. The second-order valence-electron chi connectivity index (χ2n) is 6.20. The first-order chi connectivity index (χ1) is 9.77. The van der Waals surface area contributed by atoms with Crippen LogP contribution in [0.5, 0.6) is 0 Å². The molecular formula is C15H24NO4P. The minimum atomic E-state index is -4.53. The summed E-state index contributed by atoms with van der Waals surface area (Å²) in [7, 11) is -4.53. The Morgan fingerprint density at radius 1 is 1.43 bits per heavy atom. The highest BCUT2D eigenvalue weighted by Gasteiger charge is 2.35. The van der Waals surface area contributed by atoms with Crippen molar-refractivity contribution in [2.24, 2.45) is 0 Å². The van der Waals surface area contributed by atoms with Gasteiger partial charge in [-0.1, -0.05) is 36.8 Å². The molecule has 3 atom stereocenters. The number of phosphoric acid groups is 1. The lowest BCUT2D eigenvalue weighted by molar-refractivity contribution is 0.0866. The summed E-state index contributed by atoms with van der Waals surface area (Å²) in [6, 6.07) is 9.68. The van der Waals surface area contributed by atoms with Gasteiger partial charge in [-0.15, -0.1) is 0 Å². The highest BCUT2D eigenvalue weighted by Crippen LogP contribution is 2.45. The van der Waals surface area contributed by atoms with Crippen molar-refractivity contribution < 1.29 is 18.9 Å². The minimum absolute atomic E-state index is 0.173. The fraction of sp³-hybridized carbons (Fsp3) is 0.600. The smallest absolute Gasteiger partial charge is 0.309 e. The lowest BCUT2D eigenvalue weighted by Crippen LogP contribution is -2.51. The minimum Gasteiger partial charge on any atom is -0.309 e. The summed E-state index contributed by atoms with van der Waals surface area (Å²) in [5, 5.41) is 3.55. The van der Waals surface area contributed by atoms with Crippen LogP contribution in [0.1, 0.15) is 51.2 Å². The molecule has 0 aromatic heterocycles. The summed E-state index contributed by atoms with van der Waals surface area (Å²) in [4.78, 5) is 18.4. The van der Waals surface area contributed by atoms with E-state index in [4.69, 9.17) is 4.52 Å². The number of phosphoric ester groups is 1. The third-order valence-corrected chi connectivity index (χ3v) is 4.56. The van der Waals surface area contributed by atoms with Crippen molar-refractivity contribution in [1.82, 2.24) is 5.32 Å². The van der Waals surface area contributed by atoms with Crippen LogP contribution in [-0.4, -0.2) is 21.4 Å². The summed E-state index contributed by atoms with van der Waals surface area (Å²) in [5.74, 6) is 0. The van der Waals surface area contributed by atoms with E-state index in [0.717, 1.165) is 24.8 Å². The van der Waals surface area contributed by atoms with Gasteiger partial charge in [0.25, 0.3) is 0 Å². The van der Waals surface area contributed by atoms with Crippen LogP contribution in [0.3, 0.4) is 0 Å². The standard InChI is InChI=1S/C15H24NO4P/c1-12-7-6-10-15(2,16-12)11-14(20-21(17,18)19)13-8-4-3-5-9-13/h3-5,8-9,12,14,16H,6-7,10-11H2,1-2H3,(H2,17,18,19). The number of benzene rings is 1. The predicted octanol–water partition coefficient (Wildman–Crippen LogP) is 3.15. The van der Waals surface area contributed by atoms with Gasteiger partial charge in [-0.3, -0.25) is 4.52 Å². The van der Waals surface area contributed by atoms with Crippen LogP contribution < -0.4 is 5.32 Å². The first-order valence-corrected chi connectivity index (χ1v) is 8.87. The van der Waals surface area contributed by atoms with Crippen LogP contribution in [0.15, 0.2) is 30.3 Å². The molecule has 0 bridgehead atoms. The maximum Gasteiger partial charge on any atom is 0.470 e. The molecule has 1 aliphatic heterocycles. The second kappa shape index (κ2) is 6.59. The van der Waals surface area contributed by atoms with Gasteiger partial charge in [-0.25, -0.2) is 4.57 Å². The van der Waals surface area contributed by atoms with E-state index in [9.17, 15) is 14.4 Å². The Morgan fingerprint density at radius 2 is 2.10 bits per heavy atom. The van der Waals surface area contributed by atoms with E-state index in [1.54, 1.807) is 0 Å². The molecule has 1 heterocycles. The maximum atomic E-state index is 11.3. The molecule has 2 rings (SSSR count). The van der Waals surface area contributed by atoms with Gasteiger partial charge >= 0.3 is 7.82 Å². The van der Waals surface area contributed by atoms with Crippen LogP contribution in [0, 0.1) is 0 Å². The zero-order valence-corrected chi connectivity index (χ0v) is 13.4. The van der Waals surface area contributed by atoms with Gasteiger partial charge in [0.15, 0.2) is 0 Å². The molecule has 0 spiro atoms. The lowest BCUT2D eigenvalue weighted by atomic mass is 9.82. The molecule has 5 nitrogen and oxygen atoms in total. The van der Waals surface area contributed by atoms with Crippen molar-refractivity contribution in [2.45, 2.75) is 57.2 Å². The monoisotopic (exact) mass is 313 g/mol. The fourth-order valence-electron chi connectivity index (χ4n) is 3.16. The van der Waals surface area contributed by atoms with Crippen LogP contribution in [0.2, 0.25) is 0 Å². The Bertz CT molecular complexity index is 504. The molecule has 1 fully saturated rings. The molecule has 0 aliphatic carbocycles. The summed E-state index contributed by atoms with van der Waals surface area (Å²) in [6.07, 6.45) is 3.14. The van der Waals surface area contributed by atoms with E-state index in [-0.39, 0.29) is 5.54 Å². The molecule has 1 aromatic carbocycles. The van der Waals surface area contributed by atoms with E-state index in [0.29, 0.717) is 12.5 Å². The van der Waals surface area contributed by atoms with Gasteiger partial charge in [0.2, 0.25) is 0 Å². The molecule has 3 N–H and O–H groups in total. The molecule has 118 valence electrons. The number of nitrogens with one attached hydrogen (secondary N) is 1. The molecular weight excluding hydrogens is 289 g/mol. The van der Waals surface area contributed by atoms with Crippen molar-refractivity contribution >= 4 is 7.82 Å². The number of rotatable bonds is 5. The molecule has 0 radical (unpaired) electrons. The predicted molar refractivity (Wildman–Crippen MR) is 81.8 cm³/mol. The average Bonchev–Trinajstić information content (AvgIpc) is 2.37. The SMILES string of the molecule is CC1CCCC(C)(CC(OP(=O)(O)O)c2ccccc2)N1. The fourth-order valence-corrected chi connectivity index (χ4v) is 3.68. The van der Waals surface area contributed by atoms with Crippen LogP contribution in [0.4, 0.5) is 0 Å². The van der Waals surface area contributed by atoms with E-state index in [1.165, 1.54) is 0 Å². The summed E-state index contributed by atoms with van der Waals surface area (Å²) in [5.41, 5.74) is 0.620. The Kier molecular flexibility index (Phi) is 5.23. The van der Waals surface area contributed by atoms with Gasteiger partial charge in [0, 0.05) is 11.6 Å². The molecule has 1 aliphatic rings. The molecule has 0 saturated carbocycles. The lowest BCUT2D eigenvalue weighted by Gasteiger charge is -2.40. The van der Waals surface area contributed by atoms with E-state index < -0.39 is 13.9 Å². The van der Waals surface area contributed by atoms with Crippen LogP contribution in [-0.2, 0) is 9.09 Å². The number of piperidine rings is 1. The third kappa shape index (κ3) is 5.20. The highest BCUT2D eigenvalue weighted by atomic mass is 31.2. The normalized spacial score (nSPS) is 28.3. The highest BCUT2D eigenvalue weighted by molar-refractivity contribution is 7.46. The third-order valence-electron chi connectivity index (χ3n) is 4.03. The first-order valence-electron chi connectivity index (χ1n) is 7.34. The molecule has 1 aromatic rings. The molecule has 6 heteroatoms. The summed E-state index contributed by atoms with van der Waals surface area (Å²) in [6.45, 7) is 4.24. The quantitative estimate of drug-likeness (QED) is 0.728. The summed E-state index contributed by atoms with van der Waals surface area (Å²) >= 11 is 0. The largest absolute Gasteiger partial charge is 0.470 e. The Balaban J connectivity index is 2.18. The maximum absolute atomic E-state index is 11.3. The Hall–Kier alpha value is -0.710. The van der Waals surface area contributed by atoms with Gasteiger partial charge in [0.05, 0.1) is 6.10 Å². The van der Waals surface area contributed by atoms with Crippen molar-refractivity contribution in [1.29, 1.82) is 0 Å². The van der Waals surface area contributed by atoms with E-state index in [1.807, 2.05) is 30.3 Å². The first kappa shape index (κ1) is 16.7. The zero-order chi connectivity index (χ0) is 15.5. The molecule has 0 amide bonds. The number of hydrogen-bond acceptors (Lipinski definition) is 3. The number of hydrogen-bond donors (Lipinski definition) is 3. The van der Waals surface area contributed by atoms with Gasteiger partial charge < -0.3 is 15.1 Å². The van der Waals surface area contributed by atoms with E-state index >= 15 is 0 Å². The van der Waals surface area contributed by atoms with E-state index in [2.05, 4.69) is 19.2 Å². The molecule has 21 heavy (non-hydrogen) atoms. The molecule has 1 saturated heterocycles. The van der Waals surface area contributed by atoms with Gasteiger partial charge in [-0.05, 0) is 38.7 Å². The topological polar surface area (TPSA) is 78.8 Å². The van der Waals surface area contributed by atoms with Crippen LogP contribution in [0.25, 0.3) is 0 Å². The second-order valence-corrected chi connectivity index (χ2v) is 7.39. The van der Waals surface area contributed by atoms with Gasteiger partial charge in [0.1, 0.15) is 0 Å². The van der Waals surface area contributed by atoms with Crippen molar-refractivity contribution in [3.63, 3.8) is 0 Å². The van der Waals surface area contributed by atoms with Crippen molar-refractivity contribution in [3.05, 3.63) is 35.9 Å². The van der Waals surface area contributed by atoms with Crippen molar-refractivity contribution in [2.75, 3.05) is 0 Å². The molecule has 3 unspecified atom stereocenters. The summed E-state index contributed by atoms with van der Waals surface area (Å²) < 4.78 is 16.3.